The zero-order valence-electron chi connectivity index (χ0n) is 16.5. The molecule has 1 amide bonds. The van der Waals surface area contributed by atoms with E-state index < -0.39 is 11.6 Å². The first-order chi connectivity index (χ1) is 14.5. The van der Waals surface area contributed by atoms with Gasteiger partial charge in [-0.25, -0.2) is 4.39 Å². The van der Waals surface area contributed by atoms with Crippen LogP contribution in [-0.4, -0.2) is 58.2 Å². The summed E-state index contributed by atoms with van der Waals surface area (Å²) in [6, 6.07) is 6.59. The largest absolute Gasteiger partial charge is 0.481 e. The predicted octanol–water partition coefficient (Wildman–Crippen LogP) is 2.64. The standard InChI is InChI=1S/C20H20FN5O4/c1-28-15-7-6-14(17(23-15)29-2)18(27)26-10-4-8-20(21,12-26)19-24-16(25-30-19)13-5-3-9-22-11-13/h3,5-7,9,11H,4,8,10,12H2,1-2H3. The molecule has 156 valence electrons. The first-order valence-corrected chi connectivity index (χ1v) is 9.36. The molecule has 4 rings (SSSR count). The van der Waals surface area contributed by atoms with Gasteiger partial charge in [-0.1, -0.05) is 5.16 Å². The number of alkyl halides is 1. The number of likely N-dealkylation sites (tertiary alicyclic amines) is 1. The highest BCUT2D eigenvalue weighted by atomic mass is 19.1. The van der Waals surface area contributed by atoms with Gasteiger partial charge in [0.1, 0.15) is 5.56 Å². The molecule has 3 aromatic rings. The van der Waals surface area contributed by atoms with Crippen molar-refractivity contribution in [3.05, 3.63) is 48.1 Å². The minimum absolute atomic E-state index is 0.117. The topological polar surface area (TPSA) is 103 Å². The summed E-state index contributed by atoms with van der Waals surface area (Å²) in [4.78, 5) is 26.8. The smallest absolute Gasteiger partial charge is 0.266 e. The third-order valence-corrected chi connectivity index (χ3v) is 4.93. The number of piperidine rings is 1. The Bertz CT molecular complexity index is 1040. The monoisotopic (exact) mass is 413 g/mol. The van der Waals surface area contributed by atoms with Gasteiger partial charge in [-0.3, -0.25) is 9.78 Å². The van der Waals surface area contributed by atoms with E-state index in [4.69, 9.17) is 14.0 Å². The second kappa shape index (κ2) is 8.05. The molecule has 0 saturated carbocycles. The quantitative estimate of drug-likeness (QED) is 0.629. The highest BCUT2D eigenvalue weighted by molar-refractivity contribution is 5.96. The number of amides is 1. The summed E-state index contributed by atoms with van der Waals surface area (Å²) in [5.41, 5.74) is -1.10. The number of carbonyl (C=O) groups is 1. The van der Waals surface area contributed by atoms with Gasteiger partial charge in [-0.05, 0) is 31.0 Å². The van der Waals surface area contributed by atoms with Crippen molar-refractivity contribution in [1.29, 1.82) is 0 Å². The lowest BCUT2D eigenvalue weighted by Gasteiger charge is -2.35. The van der Waals surface area contributed by atoms with Crippen LogP contribution in [0.25, 0.3) is 11.4 Å². The first kappa shape index (κ1) is 19.7. The van der Waals surface area contributed by atoms with Gasteiger partial charge in [0.05, 0.1) is 20.8 Å². The Morgan fingerprint density at radius 1 is 1.23 bits per heavy atom. The van der Waals surface area contributed by atoms with Crippen LogP contribution in [0.5, 0.6) is 11.8 Å². The molecule has 0 spiro atoms. The van der Waals surface area contributed by atoms with Crippen molar-refractivity contribution in [1.82, 2.24) is 25.0 Å². The molecular formula is C20H20FN5O4. The molecule has 0 aliphatic carbocycles. The van der Waals surface area contributed by atoms with Gasteiger partial charge in [0, 0.05) is 30.6 Å². The summed E-state index contributed by atoms with van der Waals surface area (Å²) in [7, 11) is 2.88. The molecule has 10 heteroatoms. The number of carbonyl (C=O) groups excluding carboxylic acids is 1. The van der Waals surface area contributed by atoms with Crippen LogP contribution in [-0.2, 0) is 5.67 Å². The molecule has 0 aromatic carbocycles. The van der Waals surface area contributed by atoms with E-state index in [1.807, 2.05) is 0 Å². The number of hydrogen-bond acceptors (Lipinski definition) is 8. The van der Waals surface area contributed by atoms with Crippen molar-refractivity contribution in [2.45, 2.75) is 18.5 Å². The fourth-order valence-corrected chi connectivity index (χ4v) is 3.40. The second-order valence-electron chi connectivity index (χ2n) is 6.87. The van der Waals surface area contributed by atoms with Gasteiger partial charge in [-0.2, -0.15) is 9.97 Å². The van der Waals surface area contributed by atoms with Gasteiger partial charge in [0.2, 0.25) is 23.3 Å². The van der Waals surface area contributed by atoms with E-state index in [0.717, 1.165) is 0 Å². The molecule has 1 aliphatic rings. The number of aromatic nitrogens is 4. The molecule has 9 nitrogen and oxygen atoms in total. The molecule has 30 heavy (non-hydrogen) atoms. The van der Waals surface area contributed by atoms with Gasteiger partial charge in [0.25, 0.3) is 11.8 Å². The maximum absolute atomic E-state index is 15.8. The third-order valence-electron chi connectivity index (χ3n) is 4.93. The molecule has 1 fully saturated rings. The Labute approximate surface area is 171 Å². The van der Waals surface area contributed by atoms with Crippen LogP contribution < -0.4 is 9.47 Å². The lowest BCUT2D eigenvalue weighted by molar-refractivity contribution is 0.0150. The summed E-state index contributed by atoms with van der Waals surface area (Å²) in [5, 5.41) is 3.87. The fraction of sp³-hybridized carbons (Fsp3) is 0.350. The first-order valence-electron chi connectivity index (χ1n) is 9.36. The Hall–Kier alpha value is -3.56. The minimum Gasteiger partial charge on any atom is -0.481 e. The van der Waals surface area contributed by atoms with Crippen LogP contribution in [0.15, 0.2) is 41.2 Å². The average molecular weight is 413 g/mol. The van der Waals surface area contributed by atoms with E-state index >= 15 is 4.39 Å². The van der Waals surface area contributed by atoms with Crippen LogP contribution >= 0.6 is 0 Å². The van der Waals surface area contributed by atoms with Crippen molar-refractivity contribution >= 4 is 5.91 Å². The molecular weight excluding hydrogens is 393 g/mol. The van der Waals surface area contributed by atoms with Crippen molar-refractivity contribution in [2.24, 2.45) is 0 Å². The van der Waals surface area contributed by atoms with E-state index in [-0.39, 0.29) is 36.1 Å². The van der Waals surface area contributed by atoms with Crippen molar-refractivity contribution in [3.8, 4) is 23.1 Å². The Balaban J connectivity index is 1.57. The second-order valence-corrected chi connectivity index (χ2v) is 6.87. The lowest BCUT2D eigenvalue weighted by atomic mass is 9.94. The number of hydrogen-bond donors (Lipinski definition) is 0. The van der Waals surface area contributed by atoms with E-state index in [0.29, 0.717) is 24.4 Å². The molecule has 4 heterocycles. The van der Waals surface area contributed by atoms with Crippen molar-refractivity contribution in [2.75, 3.05) is 27.3 Å². The number of rotatable bonds is 5. The molecule has 0 bridgehead atoms. The molecule has 0 radical (unpaired) electrons. The fourth-order valence-electron chi connectivity index (χ4n) is 3.40. The van der Waals surface area contributed by atoms with Gasteiger partial charge in [-0.15, -0.1) is 0 Å². The number of ether oxygens (including phenoxy) is 2. The van der Waals surface area contributed by atoms with Gasteiger partial charge >= 0.3 is 0 Å². The molecule has 1 atom stereocenters. The summed E-state index contributed by atoms with van der Waals surface area (Å²) in [6.07, 6.45) is 3.80. The Morgan fingerprint density at radius 3 is 2.83 bits per heavy atom. The molecule has 3 aromatic heterocycles. The lowest BCUT2D eigenvalue weighted by Crippen LogP contribution is -2.46. The average Bonchev–Trinajstić information content (AvgIpc) is 3.30. The van der Waals surface area contributed by atoms with Crippen LogP contribution in [0.3, 0.4) is 0 Å². The van der Waals surface area contributed by atoms with E-state index in [1.165, 1.54) is 19.1 Å². The number of halogens is 1. The minimum atomic E-state index is -1.95. The predicted molar refractivity (Wildman–Crippen MR) is 103 cm³/mol. The highest BCUT2D eigenvalue weighted by Gasteiger charge is 2.44. The number of nitrogens with zero attached hydrogens (tertiary/aromatic N) is 5. The SMILES string of the molecule is COc1ccc(C(=O)N2CCCC(F)(c3nc(-c4cccnc4)no3)C2)c(OC)n1. The zero-order valence-corrected chi connectivity index (χ0v) is 16.5. The summed E-state index contributed by atoms with van der Waals surface area (Å²) < 4.78 is 31.3. The Kier molecular flexibility index (Phi) is 5.30. The molecule has 1 unspecified atom stereocenters. The Morgan fingerprint density at radius 2 is 2.10 bits per heavy atom. The van der Waals surface area contributed by atoms with E-state index in [1.54, 1.807) is 36.7 Å². The van der Waals surface area contributed by atoms with Crippen LogP contribution in [0, 0.1) is 0 Å². The maximum Gasteiger partial charge on any atom is 0.266 e. The maximum atomic E-state index is 15.8. The van der Waals surface area contributed by atoms with Crippen molar-refractivity contribution < 1.29 is 23.2 Å². The summed E-state index contributed by atoms with van der Waals surface area (Å²) in [6.45, 7) is 0.180. The summed E-state index contributed by atoms with van der Waals surface area (Å²) >= 11 is 0. The number of methoxy groups -OCH3 is 2. The van der Waals surface area contributed by atoms with Gasteiger partial charge in [0.15, 0.2) is 0 Å². The third kappa shape index (κ3) is 3.68. The highest BCUT2D eigenvalue weighted by Crippen LogP contribution is 2.36. The van der Waals surface area contributed by atoms with Gasteiger partial charge < -0.3 is 18.9 Å². The van der Waals surface area contributed by atoms with E-state index in [9.17, 15) is 4.79 Å². The molecule has 1 saturated heterocycles. The van der Waals surface area contributed by atoms with Crippen molar-refractivity contribution in [3.63, 3.8) is 0 Å². The summed E-state index contributed by atoms with van der Waals surface area (Å²) in [5.74, 6) is 0.135. The van der Waals surface area contributed by atoms with Crippen LogP contribution in [0.4, 0.5) is 4.39 Å². The van der Waals surface area contributed by atoms with E-state index in [2.05, 4.69) is 20.1 Å². The van der Waals surface area contributed by atoms with Crippen LogP contribution in [0.1, 0.15) is 29.1 Å². The molecule has 0 N–H and O–H groups in total. The van der Waals surface area contributed by atoms with Crippen LogP contribution in [0.2, 0.25) is 0 Å². The normalized spacial score (nSPS) is 18.8. The number of pyridine rings is 2. The molecule has 1 aliphatic heterocycles. The zero-order chi connectivity index (χ0) is 21.1.